The van der Waals surface area contributed by atoms with Gasteiger partial charge in [-0.3, -0.25) is 24.7 Å². The predicted octanol–water partition coefficient (Wildman–Crippen LogP) is 4.57. The number of para-hydroxylation sites is 1. The van der Waals surface area contributed by atoms with Crippen molar-refractivity contribution in [3.63, 3.8) is 0 Å². The van der Waals surface area contributed by atoms with E-state index in [-0.39, 0.29) is 34.7 Å². The van der Waals surface area contributed by atoms with Gasteiger partial charge in [-0.15, -0.1) is 0 Å². The second kappa shape index (κ2) is 12.5. The van der Waals surface area contributed by atoms with Gasteiger partial charge in [-0.2, -0.15) is 0 Å². The predicted molar refractivity (Wildman–Crippen MR) is 172 cm³/mol. The van der Waals surface area contributed by atoms with Gasteiger partial charge in [0, 0.05) is 45.2 Å². The number of likely N-dealkylation sites (N-methyl/N-ethyl adjacent to an activating group) is 1. The number of likely N-dealkylation sites (tertiary alicyclic amines) is 1. The van der Waals surface area contributed by atoms with Crippen molar-refractivity contribution in [2.75, 3.05) is 57.5 Å². The minimum Gasteiger partial charge on any atom is -0.492 e. The monoisotopic (exact) mass is 604 g/mol. The first-order valence-corrected chi connectivity index (χ1v) is 15.2. The van der Waals surface area contributed by atoms with Crippen molar-refractivity contribution in [3.05, 3.63) is 53.2 Å². The zero-order chi connectivity index (χ0) is 31.8. The molecule has 1 unspecified atom stereocenters. The maximum Gasteiger partial charge on any atom is 0.409 e. The topological polar surface area (TPSA) is 119 Å². The summed E-state index contributed by atoms with van der Waals surface area (Å²) >= 11 is 0. The fourth-order valence-corrected chi connectivity index (χ4v) is 6.42. The van der Waals surface area contributed by atoms with Crippen LogP contribution in [-0.4, -0.2) is 95.2 Å². The molecule has 3 N–H and O–H groups in total. The van der Waals surface area contributed by atoms with E-state index in [0.717, 1.165) is 54.5 Å². The van der Waals surface area contributed by atoms with Crippen LogP contribution < -0.4 is 15.4 Å². The summed E-state index contributed by atoms with van der Waals surface area (Å²) in [6.45, 7) is 10.8. The van der Waals surface area contributed by atoms with Crippen LogP contribution in [0.15, 0.2) is 36.4 Å². The van der Waals surface area contributed by atoms with E-state index < -0.39 is 6.09 Å². The number of rotatable bonds is 7. The average Bonchev–Trinajstić information content (AvgIpc) is 3.55. The molecule has 44 heavy (non-hydrogen) atoms. The summed E-state index contributed by atoms with van der Waals surface area (Å²) in [5, 5.41) is 15.7. The summed E-state index contributed by atoms with van der Waals surface area (Å²) in [6.07, 6.45) is 0.797. The van der Waals surface area contributed by atoms with Gasteiger partial charge >= 0.3 is 6.09 Å². The van der Waals surface area contributed by atoms with Crippen LogP contribution in [0.25, 0.3) is 10.9 Å². The Morgan fingerprint density at radius 3 is 2.25 bits per heavy atom. The van der Waals surface area contributed by atoms with Gasteiger partial charge in [0.05, 0.1) is 30.0 Å². The number of nitrogens with zero attached hydrogens (tertiary/aromatic N) is 4. The second-order valence-corrected chi connectivity index (χ2v) is 12.9. The number of benzene rings is 2. The lowest BCUT2D eigenvalue weighted by Crippen LogP contribution is -2.52. The summed E-state index contributed by atoms with van der Waals surface area (Å²) in [5.41, 5.74) is 3.75. The molecular weight excluding hydrogens is 560 g/mol. The van der Waals surface area contributed by atoms with Crippen molar-refractivity contribution in [1.29, 1.82) is 0 Å². The van der Waals surface area contributed by atoms with Crippen LogP contribution >= 0.6 is 0 Å². The molecular formula is C33H44N6O5. The van der Waals surface area contributed by atoms with E-state index in [1.165, 1.54) is 7.11 Å². The molecule has 3 aromatic rings. The van der Waals surface area contributed by atoms with Crippen LogP contribution in [0, 0.1) is 0 Å². The molecule has 0 saturated carbocycles. The molecule has 2 aliphatic rings. The number of carbonyl (C=O) groups is 3. The number of amides is 3. The molecule has 3 amide bonds. The Labute approximate surface area is 258 Å². The highest BCUT2D eigenvalue weighted by Crippen LogP contribution is 2.39. The molecule has 3 heterocycles. The number of anilines is 2. The second-order valence-electron chi connectivity index (χ2n) is 12.9. The highest BCUT2D eigenvalue weighted by molar-refractivity contribution is 6.08. The maximum absolute atomic E-state index is 13.7. The van der Waals surface area contributed by atoms with Crippen LogP contribution in [0.5, 0.6) is 5.75 Å². The number of ether oxygens (including phenoxy) is 1. The molecule has 0 aliphatic carbocycles. The molecule has 2 saturated heterocycles. The molecule has 236 valence electrons. The Balaban J connectivity index is 1.35. The fraction of sp³-hybridized carbons (Fsp3) is 0.485. The number of nitrogens with one attached hydrogen (secondary N) is 2. The van der Waals surface area contributed by atoms with E-state index in [1.54, 1.807) is 6.07 Å². The van der Waals surface area contributed by atoms with Crippen molar-refractivity contribution in [3.8, 4) is 5.75 Å². The van der Waals surface area contributed by atoms with Crippen molar-refractivity contribution in [2.45, 2.75) is 51.6 Å². The number of hydrogen-bond donors (Lipinski definition) is 3. The van der Waals surface area contributed by atoms with Gasteiger partial charge in [0.2, 0.25) is 5.91 Å². The molecule has 0 radical (unpaired) electrons. The minimum absolute atomic E-state index is 0.0131. The molecule has 2 fully saturated rings. The molecule has 5 rings (SSSR count). The zero-order valence-electron chi connectivity index (χ0n) is 26.6. The summed E-state index contributed by atoms with van der Waals surface area (Å²) in [4.78, 5) is 44.8. The first-order valence-electron chi connectivity index (χ1n) is 15.2. The van der Waals surface area contributed by atoms with E-state index in [4.69, 9.17) is 4.74 Å². The van der Waals surface area contributed by atoms with Gasteiger partial charge in [-0.1, -0.05) is 39.0 Å². The van der Waals surface area contributed by atoms with Crippen LogP contribution in [-0.2, 0) is 23.8 Å². The van der Waals surface area contributed by atoms with E-state index in [1.807, 2.05) is 68.6 Å². The number of hydrogen-bond acceptors (Lipinski definition) is 6. The summed E-state index contributed by atoms with van der Waals surface area (Å²) in [7, 11) is 5.37. The number of carbonyl (C=O) groups excluding carboxylic acids is 2. The molecule has 1 atom stereocenters. The van der Waals surface area contributed by atoms with Crippen LogP contribution in [0.4, 0.5) is 16.2 Å². The van der Waals surface area contributed by atoms with Crippen molar-refractivity contribution in [1.82, 2.24) is 19.3 Å². The van der Waals surface area contributed by atoms with Gasteiger partial charge in [0.1, 0.15) is 5.69 Å². The first kappa shape index (κ1) is 31.3. The molecule has 2 aliphatic heterocycles. The third-order valence-electron chi connectivity index (χ3n) is 8.90. The highest BCUT2D eigenvalue weighted by atomic mass is 16.5. The maximum atomic E-state index is 13.7. The summed E-state index contributed by atoms with van der Waals surface area (Å²) in [6, 6.07) is 11.5. The average molecular weight is 605 g/mol. The van der Waals surface area contributed by atoms with Gasteiger partial charge in [-0.25, -0.2) is 4.79 Å². The molecule has 11 heteroatoms. The Kier molecular flexibility index (Phi) is 8.90. The molecule has 2 aromatic carbocycles. The Bertz CT molecular complexity index is 1570. The normalized spacial score (nSPS) is 18.0. The SMILES string of the molecule is COc1c(NC(=O)O)cc(C(C)(C)C)cc1NC(=O)c1cc2cccc(CN3CCN(C(=O)C4CCCN4C)CC3)c2n1C. The molecule has 0 spiro atoms. The number of aromatic nitrogens is 1. The minimum atomic E-state index is -1.22. The smallest absolute Gasteiger partial charge is 0.409 e. The number of carboxylic acid groups (broad SMARTS) is 1. The fourth-order valence-electron chi connectivity index (χ4n) is 6.42. The number of methoxy groups -OCH3 is 1. The summed E-state index contributed by atoms with van der Waals surface area (Å²) < 4.78 is 7.46. The van der Waals surface area contributed by atoms with Crippen LogP contribution in [0.1, 0.15) is 55.2 Å². The molecule has 11 nitrogen and oxygen atoms in total. The van der Waals surface area contributed by atoms with E-state index in [9.17, 15) is 19.5 Å². The lowest BCUT2D eigenvalue weighted by molar-refractivity contribution is -0.137. The molecule has 1 aromatic heterocycles. The van der Waals surface area contributed by atoms with Gasteiger partial charge in [0.15, 0.2) is 5.75 Å². The summed E-state index contributed by atoms with van der Waals surface area (Å²) in [5.74, 6) is 0.162. The Morgan fingerprint density at radius 1 is 0.977 bits per heavy atom. The highest BCUT2D eigenvalue weighted by Gasteiger charge is 2.33. The van der Waals surface area contributed by atoms with Crippen molar-refractivity contribution < 1.29 is 24.2 Å². The zero-order valence-corrected chi connectivity index (χ0v) is 26.6. The number of fused-ring (bicyclic) bond motifs is 1. The molecule has 0 bridgehead atoms. The van der Waals surface area contributed by atoms with E-state index in [0.29, 0.717) is 31.0 Å². The quantitative estimate of drug-likeness (QED) is 0.362. The van der Waals surface area contributed by atoms with Gasteiger partial charge in [-0.05, 0) is 61.2 Å². The van der Waals surface area contributed by atoms with Crippen LogP contribution in [0.3, 0.4) is 0 Å². The lowest BCUT2D eigenvalue weighted by Gasteiger charge is -2.37. The van der Waals surface area contributed by atoms with Crippen LogP contribution in [0.2, 0.25) is 0 Å². The van der Waals surface area contributed by atoms with E-state index >= 15 is 0 Å². The van der Waals surface area contributed by atoms with Crippen molar-refractivity contribution >= 4 is 40.2 Å². The van der Waals surface area contributed by atoms with Crippen molar-refractivity contribution in [2.24, 2.45) is 7.05 Å². The third-order valence-corrected chi connectivity index (χ3v) is 8.90. The van der Waals surface area contributed by atoms with Gasteiger partial charge < -0.3 is 24.6 Å². The number of piperazine rings is 1. The Hall–Kier alpha value is -4.09. The standard InChI is InChI=1S/C33H44N6O5/c1-33(2,3)23-18-24(29(44-6)25(19-23)35-32(42)43)34-30(40)27-17-21-9-7-10-22(28(21)37(27)5)20-38-13-15-39(16-14-38)31(41)26-11-8-12-36(26)4/h7,9-10,17-19,26,35H,8,11-16,20H2,1-6H3,(H,34,40)(H,42,43). The first-order chi connectivity index (χ1) is 20.9. The van der Waals surface area contributed by atoms with E-state index in [2.05, 4.69) is 26.5 Å². The number of aryl methyl sites for hydroxylation is 1. The largest absolute Gasteiger partial charge is 0.492 e. The lowest BCUT2D eigenvalue weighted by atomic mass is 9.86. The Morgan fingerprint density at radius 2 is 1.66 bits per heavy atom. The van der Waals surface area contributed by atoms with Gasteiger partial charge in [0.25, 0.3) is 5.91 Å². The third kappa shape index (κ3) is 6.39.